The Hall–Kier alpha value is -2.53. The lowest BCUT2D eigenvalue weighted by molar-refractivity contribution is -0.384. The van der Waals surface area contributed by atoms with Crippen molar-refractivity contribution in [1.82, 2.24) is 4.90 Å². The molecule has 154 valence electrons. The monoisotopic (exact) mass is 414 g/mol. The number of nitro groups is 1. The minimum absolute atomic E-state index is 0.0322. The van der Waals surface area contributed by atoms with Gasteiger partial charge in [-0.2, -0.15) is 8.42 Å². The van der Waals surface area contributed by atoms with Crippen LogP contribution in [0.3, 0.4) is 0 Å². The van der Waals surface area contributed by atoms with Gasteiger partial charge in [-0.3, -0.25) is 24.0 Å². The quantitative estimate of drug-likeness (QED) is 0.359. The summed E-state index contributed by atoms with van der Waals surface area (Å²) in [4.78, 5) is 34.8. The largest absolute Gasteiger partial charge is 0.442 e. The van der Waals surface area contributed by atoms with Crippen LogP contribution in [-0.2, 0) is 23.8 Å². The van der Waals surface area contributed by atoms with Gasteiger partial charge in [-0.15, -0.1) is 0 Å². The molecule has 1 saturated heterocycles. The first-order valence-corrected chi connectivity index (χ1v) is 9.89. The number of ketones is 1. The number of rotatable bonds is 8. The van der Waals surface area contributed by atoms with Crippen molar-refractivity contribution in [2.75, 3.05) is 19.7 Å². The number of non-ortho nitro benzene ring substituents is 1. The van der Waals surface area contributed by atoms with Crippen LogP contribution in [0, 0.1) is 15.5 Å². The molecule has 0 aliphatic carbocycles. The van der Waals surface area contributed by atoms with E-state index in [4.69, 9.17) is 8.92 Å². The summed E-state index contributed by atoms with van der Waals surface area (Å²) >= 11 is 0. The molecule has 1 aromatic carbocycles. The van der Waals surface area contributed by atoms with Crippen LogP contribution >= 0.6 is 0 Å². The average Bonchev–Trinajstić information content (AvgIpc) is 2.91. The molecule has 0 spiro atoms. The Bertz CT molecular complexity index is 858. The highest BCUT2D eigenvalue weighted by atomic mass is 32.2. The summed E-state index contributed by atoms with van der Waals surface area (Å²) in [5, 5.41) is 10.6. The molecule has 0 bridgehead atoms. The highest BCUT2D eigenvalue weighted by Gasteiger charge is 2.34. The van der Waals surface area contributed by atoms with Crippen LogP contribution in [0.1, 0.15) is 27.2 Å². The molecule has 1 aliphatic rings. The van der Waals surface area contributed by atoms with E-state index in [0.29, 0.717) is 6.42 Å². The number of ether oxygens (including phenoxy) is 1. The number of carbonyl (C=O) groups excluding carboxylic acids is 2. The third-order valence-corrected chi connectivity index (χ3v) is 5.09. The highest BCUT2D eigenvalue weighted by Crippen LogP contribution is 2.21. The van der Waals surface area contributed by atoms with Gasteiger partial charge in [0, 0.05) is 18.6 Å². The Balaban J connectivity index is 1.91. The van der Waals surface area contributed by atoms with Gasteiger partial charge in [0.15, 0.2) is 5.78 Å². The van der Waals surface area contributed by atoms with Crippen molar-refractivity contribution in [3.63, 3.8) is 0 Å². The number of carbonyl (C=O) groups is 2. The van der Waals surface area contributed by atoms with Gasteiger partial charge in [0.25, 0.3) is 15.8 Å². The zero-order chi connectivity index (χ0) is 21.1. The van der Waals surface area contributed by atoms with Gasteiger partial charge < -0.3 is 4.74 Å². The third-order valence-electron chi connectivity index (χ3n) is 3.79. The van der Waals surface area contributed by atoms with Crippen molar-refractivity contribution in [2.45, 2.75) is 38.2 Å². The molecule has 0 aromatic heterocycles. The van der Waals surface area contributed by atoms with Crippen molar-refractivity contribution in [3.8, 4) is 0 Å². The van der Waals surface area contributed by atoms with E-state index in [-0.39, 0.29) is 34.9 Å². The molecule has 1 heterocycles. The Morgan fingerprint density at radius 1 is 1.32 bits per heavy atom. The fraction of sp³-hybridized carbons (Fsp3) is 0.529. The second-order valence-electron chi connectivity index (χ2n) is 7.65. The molecule has 0 radical (unpaired) electrons. The lowest BCUT2D eigenvalue weighted by Crippen LogP contribution is -2.33. The van der Waals surface area contributed by atoms with Crippen molar-refractivity contribution in [3.05, 3.63) is 34.4 Å². The molecule has 1 amide bonds. The highest BCUT2D eigenvalue weighted by molar-refractivity contribution is 7.86. The standard InChI is InChI=1S/C17H22N2O8S/c1-17(2,3)8-13(20)9-18-10-14(27-16(18)21)11-26-28(24,25)15-6-4-12(5-7-15)19(22)23/h4-7,14H,8-11H2,1-3H3/t14-/m0/s1. The van der Waals surface area contributed by atoms with E-state index in [0.717, 1.165) is 24.3 Å². The van der Waals surface area contributed by atoms with Crippen molar-refractivity contribution < 1.29 is 31.9 Å². The molecule has 2 rings (SSSR count). The third kappa shape index (κ3) is 5.99. The van der Waals surface area contributed by atoms with E-state index < -0.39 is 33.8 Å². The van der Waals surface area contributed by atoms with Crippen LogP contribution < -0.4 is 0 Å². The predicted molar refractivity (Wildman–Crippen MR) is 97.2 cm³/mol. The number of nitro benzene ring substituents is 1. The van der Waals surface area contributed by atoms with Gasteiger partial charge in [0.2, 0.25) is 0 Å². The molecule has 1 fully saturated rings. The van der Waals surface area contributed by atoms with Crippen LogP contribution in [0.25, 0.3) is 0 Å². The van der Waals surface area contributed by atoms with E-state index in [2.05, 4.69) is 0 Å². The molecule has 0 N–H and O–H groups in total. The van der Waals surface area contributed by atoms with Crippen LogP contribution in [0.15, 0.2) is 29.2 Å². The zero-order valence-electron chi connectivity index (χ0n) is 15.8. The van der Waals surface area contributed by atoms with Gasteiger partial charge in [-0.05, 0) is 17.5 Å². The van der Waals surface area contributed by atoms with Crippen LogP contribution in [0.2, 0.25) is 0 Å². The maximum absolute atomic E-state index is 12.2. The summed E-state index contributed by atoms with van der Waals surface area (Å²) in [6, 6.07) is 4.22. The number of amides is 1. The summed E-state index contributed by atoms with van der Waals surface area (Å²) in [6.45, 7) is 5.23. The fourth-order valence-electron chi connectivity index (χ4n) is 2.62. The molecule has 28 heavy (non-hydrogen) atoms. The summed E-state index contributed by atoms with van der Waals surface area (Å²) in [5.74, 6) is -0.121. The predicted octanol–water partition coefficient (Wildman–Crippen LogP) is 2.13. The van der Waals surface area contributed by atoms with Crippen molar-refractivity contribution >= 4 is 27.7 Å². The summed E-state index contributed by atoms with van der Waals surface area (Å²) < 4.78 is 34.3. The van der Waals surface area contributed by atoms with E-state index in [1.807, 2.05) is 20.8 Å². The maximum Gasteiger partial charge on any atom is 0.410 e. The second kappa shape index (κ2) is 8.23. The Morgan fingerprint density at radius 3 is 2.46 bits per heavy atom. The molecule has 1 atom stereocenters. The van der Waals surface area contributed by atoms with Gasteiger partial charge in [-0.1, -0.05) is 20.8 Å². The van der Waals surface area contributed by atoms with E-state index in [1.54, 1.807) is 0 Å². The Labute approximate surface area is 162 Å². The molecule has 11 heteroatoms. The minimum atomic E-state index is -4.17. The van der Waals surface area contributed by atoms with Gasteiger partial charge in [0.05, 0.1) is 22.9 Å². The fourth-order valence-corrected chi connectivity index (χ4v) is 3.56. The first-order valence-electron chi connectivity index (χ1n) is 8.48. The molecular weight excluding hydrogens is 392 g/mol. The minimum Gasteiger partial charge on any atom is -0.442 e. The first-order chi connectivity index (χ1) is 12.9. The lowest BCUT2D eigenvalue weighted by atomic mass is 9.90. The van der Waals surface area contributed by atoms with Crippen molar-refractivity contribution in [1.29, 1.82) is 0 Å². The smallest absolute Gasteiger partial charge is 0.410 e. The normalized spacial score (nSPS) is 17.5. The molecule has 0 unspecified atom stereocenters. The van der Waals surface area contributed by atoms with Crippen molar-refractivity contribution in [2.24, 2.45) is 5.41 Å². The summed E-state index contributed by atoms with van der Waals surface area (Å²) in [7, 11) is -4.17. The Morgan fingerprint density at radius 2 is 1.93 bits per heavy atom. The number of cyclic esters (lactones) is 1. The van der Waals surface area contributed by atoms with Gasteiger partial charge in [-0.25, -0.2) is 4.79 Å². The van der Waals surface area contributed by atoms with Gasteiger partial charge >= 0.3 is 6.09 Å². The molecule has 0 saturated carbocycles. The Kier molecular flexibility index (Phi) is 6.40. The van der Waals surface area contributed by atoms with Crippen LogP contribution in [-0.4, -0.2) is 55.9 Å². The molecular formula is C17H22N2O8S. The maximum atomic E-state index is 12.2. The summed E-state index contributed by atoms with van der Waals surface area (Å²) in [5.41, 5.74) is -0.457. The van der Waals surface area contributed by atoms with Crippen LogP contribution in [0.4, 0.5) is 10.5 Å². The average molecular weight is 414 g/mol. The van der Waals surface area contributed by atoms with E-state index in [1.165, 1.54) is 4.90 Å². The second-order valence-corrected chi connectivity index (χ2v) is 9.27. The topological polar surface area (TPSA) is 133 Å². The first kappa shape index (κ1) is 21.8. The molecule has 10 nitrogen and oxygen atoms in total. The SMILES string of the molecule is CC(C)(C)CC(=O)CN1C[C@@H](COS(=O)(=O)c2ccc([N+](=O)[O-])cc2)OC1=O. The number of benzene rings is 1. The lowest BCUT2D eigenvalue weighted by Gasteiger charge is -2.19. The number of hydrogen-bond acceptors (Lipinski definition) is 8. The number of Topliss-reactive ketones (excluding diaryl/α,β-unsaturated/α-hetero) is 1. The molecule has 1 aliphatic heterocycles. The number of nitrogens with zero attached hydrogens (tertiary/aromatic N) is 2. The zero-order valence-corrected chi connectivity index (χ0v) is 16.6. The van der Waals surface area contributed by atoms with Gasteiger partial charge in [0.1, 0.15) is 12.7 Å². The number of hydrogen-bond donors (Lipinski definition) is 0. The van der Waals surface area contributed by atoms with E-state index >= 15 is 0 Å². The van der Waals surface area contributed by atoms with E-state index in [9.17, 15) is 28.1 Å². The van der Waals surface area contributed by atoms with Crippen LogP contribution in [0.5, 0.6) is 0 Å². The molecule has 1 aromatic rings. The summed E-state index contributed by atoms with van der Waals surface area (Å²) in [6.07, 6.45) is -1.25.